The van der Waals surface area contributed by atoms with Crippen LogP contribution in [0.4, 0.5) is 0 Å². The number of aryl methyl sites for hydroxylation is 1. The van der Waals surface area contributed by atoms with Crippen LogP contribution in [0.15, 0.2) is 53.3 Å². The molecule has 5 heteroatoms. The average Bonchev–Trinajstić information content (AvgIpc) is 2.67. The number of fused-ring (bicyclic) bond motifs is 1. The predicted octanol–water partition coefficient (Wildman–Crippen LogP) is 3.10. The van der Waals surface area contributed by atoms with Gasteiger partial charge in [0.15, 0.2) is 0 Å². The molecule has 1 heterocycles. The van der Waals surface area contributed by atoms with E-state index in [-0.39, 0.29) is 11.6 Å². The van der Waals surface area contributed by atoms with Gasteiger partial charge in [0.2, 0.25) is 5.56 Å². The van der Waals surface area contributed by atoms with Crippen LogP contribution in [-0.2, 0) is 6.42 Å². The van der Waals surface area contributed by atoms with E-state index in [0.29, 0.717) is 6.54 Å². The number of benzene rings is 2. The number of ether oxygens (including phenoxy) is 1. The topological polar surface area (TPSA) is 74.3 Å². The molecule has 3 N–H and O–H groups in total. The second-order valence-electron chi connectivity index (χ2n) is 6.96. The summed E-state index contributed by atoms with van der Waals surface area (Å²) in [7, 11) is 1.66. The second-order valence-corrected chi connectivity index (χ2v) is 6.96. The summed E-state index contributed by atoms with van der Waals surface area (Å²) >= 11 is 0. The molecule has 0 aliphatic rings. The SMILES string of the molecule is COc1ccc(C[C@@H](C)NC[C@H](O)c2ccc(C)c3[nH]c(=O)ccc23)cc1. The van der Waals surface area contributed by atoms with Crippen LogP contribution in [0.5, 0.6) is 5.75 Å². The van der Waals surface area contributed by atoms with E-state index in [1.165, 1.54) is 11.6 Å². The van der Waals surface area contributed by atoms with E-state index < -0.39 is 6.10 Å². The summed E-state index contributed by atoms with van der Waals surface area (Å²) in [5, 5.41) is 15.0. The van der Waals surface area contributed by atoms with E-state index in [0.717, 1.165) is 34.2 Å². The third kappa shape index (κ3) is 4.56. The monoisotopic (exact) mass is 366 g/mol. The molecule has 0 aliphatic carbocycles. The van der Waals surface area contributed by atoms with Gasteiger partial charge in [-0.05, 0) is 55.2 Å². The van der Waals surface area contributed by atoms with Gasteiger partial charge >= 0.3 is 0 Å². The van der Waals surface area contributed by atoms with Crippen LogP contribution in [0.1, 0.15) is 29.7 Å². The van der Waals surface area contributed by atoms with Crippen LogP contribution in [0.3, 0.4) is 0 Å². The first-order valence-corrected chi connectivity index (χ1v) is 9.15. The third-order valence-corrected chi connectivity index (χ3v) is 4.86. The Hall–Kier alpha value is -2.63. The normalized spacial score (nSPS) is 13.5. The lowest BCUT2D eigenvalue weighted by Gasteiger charge is -2.19. The Morgan fingerprint density at radius 1 is 1.11 bits per heavy atom. The maximum Gasteiger partial charge on any atom is 0.248 e. The fraction of sp³-hybridized carbons (Fsp3) is 0.318. The summed E-state index contributed by atoms with van der Waals surface area (Å²) in [5.41, 5.74) is 3.66. The third-order valence-electron chi connectivity index (χ3n) is 4.86. The summed E-state index contributed by atoms with van der Waals surface area (Å²) < 4.78 is 5.18. The van der Waals surface area contributed by atoms with E-state index in [1.54, 1.807) is 13.2 Å². The lowest BCUT2D eigenvalue weighted by Crippen LogP contribution is -2.32. The molecular formula is C22H26N2O3. The van der Waals surface area contributed by atoms with Crippen molar-refractivity contribution in [2.75, 3.05) is 13.7 Å². The van der Waals surface area contributed by atoms with Crippen molar-refractivity contribution in [2.45, 2.75) is 32.4 Å². The fourth-order valence-corrected chi connectivity index (χ4v) is 3.31. The van der Waals surface area contributed by atoms with Crippen molar-refractivity contribution in [1.29, 1.82) is 0 Å². The second kappa shape index (κ2) is 8.37. The van der Waals surface area contributed by atoms with Crippen molar-refractivity contribution in [3.8, 4) is 5.75 Å². The highest BCUT2D eigenvalue weighted by Gasteiger charge is 2.14. The molecule has 2 atom stereocenters. The minimum absolute atomic E-state index is 0.136. The lowest BCUT2D eigenvalue weighted by molar-refractivity contribution is 0.172. The van der Waals surface area contributed by atoms with E-state index in [9.17, 15) is 9.90 Å². The maximum absolute atomic E-state index is 11.6. The molecule has 0 saturated carbocycles. The summed E-state index contributed by atoms with van der Waals surface area (Å²) in [4.78, 5) is 14.5. The lowest BCUT2D eigenvalue weighted by atomic mass is 10.00. The first kappa shape index (κ1) is 19.1. The first-order chi connectivity index (χ1) is 13.0. The summed E-state index contributed by atoms with van der Waals surface area (Å²) in [6.07, 6.45) is 0.205. The zero-order valence-electron chi connectivity index (χ0n) is 16.0. The first-order valence-electron chi connectivity index (χ1n) is 9.15. The van der Waals surface area contributed by atoms with Crippen LogP contribution < -0.4 is 15.6 Å². The Kier molecular flexibility index (Phi) is 5.94. The molecule has 0 bridgehead atoms. The minimum atomic E-state index is -0.655. The van der Waals surface area contributed by atoms with Crippen molar-refractivity contribution in [1.82, 2.24) is 10.3 Å². The molecule has 5 nitrogen and oxygen atoms in total. The largest absolute Gasteiger partial charge is 0.497 e. The summed E-state index contributed by atoms with van der Waals surface area (Å²) in [6, 6.07) is 15.4. The molecule has 27 heavy (non-hydrogen) atoms. The van der Waals surface area contributed by atoms with Crippen molar-refractivity contribution < 1.29 is 9.84 Å². The van der Waals surface area contributed by atoms with Gasteiger partial charge in [0.05, 0.1) is 18.7 Å². The predicted molar refractivity (Wildman–Crippen MR) is 108 cm³/mol. The number of nitrogens with one attached hydrogen (secondary N) is 2. The van der Waals surface area contributed by atoms with Crippen molar-refractivity contribution >= 4 is 10.9 Å². The zero-order chi connectivity index (χ0) is 19.4. The van der Waals surface area contributed by atoms with Crippen molar-refractivity contribution in [3.05, 3.63) is 75.6 Å². The molecule has 3 aromatic rings. The number of hydrogen-bond acceptors (Lipinski definition) is 4. The van der Waals surface area contributed by atoms with Crippen molar-refractivity contribution in [2.24, 2.45) is 0 Å². The molecule has 1 aromatic heterocycles. The van der Waals surface area contributed by atoms with Gasteiger partial charge in [0.1, 0.15) is 5.75 Å². The minimum Gasteiger partial charge on any atom is -0.497 e. The summed E-state index contributed by atoms with van der Waals surface area (Å²) in [5.74, 6) is 0.846. The number of rotatable bonds is 7. The Labute approximate surface area is 159 Å². The van der Waals surface area contributed by atoms with Gasteiger partial charge in [-0.3, -0.25) is 4.79 Å². The number of pyridine rings is 1. The molecular weight excluding hydrogens is 340 g/mol. The highest BCUT2D eigenvalue weighted by Crippen LogP contribution is 2.24. The fourth-order valence-electron chi connectivity index (χ4n) is 3.31. The van der Waals surface area contributed by atoms with Gasteiger partial charge in [-0.2, -0.15) is 0 Å². The average molecular weight is 366 g/mol. The van der Waals surface area contributed by atoms with Gasteiger partial charge in [0, 0.05) is 24.0 Å². The van der Waals surface area contributed by atoms with E-state index in [1.807, 2.05) is 31.2 Å². The van der Waals surface area contributed by atoms with Crippen LogP contribution in [-0.4, -0.2) is 29.8 Å². The number of methoxy groups -OCH3 is 1. The molecule has 2 aromatic carbocycles. The van der Waals surface area contributed by atoms with Gasteiger partial charge < -0.3 is 20.1 Å². The molecule has 0 saturated heterocycles. The van der Waals surface area contributed by atoms with Crippen LogP contribution >= 0.6 is 0 Å². The smallest absolute Gasteiger partial charge is 0.248 e. The number of aromatic nitrogens is 1. The highest BCUT2D eigenvalue weighted by atomic mass is 16.5. The maximum atomic E-state index is 11.6. The zero-order valence-corrected chi connectivity index (χ0v) is 16.0. The van der Waals surface area contributed by atoms with Crippen LogP contribution in [0.25, 0.3) is 10.9 Å². The molecule has 0 amide bonds. The number of aliphatic hydroxyl groups is 1. The highest BCUT2D eigenvalue weighted by molar-refractivity contribution is 5.85. The number of H-pyrrole nitrogens is 1. The number of aliphatic hydroxyl groups excluding tert-OH is 1. The molecule has 3 rings (SSSR count). The summed E-state index contributed by atoms with van der Waals surface area (Å²) in [6.45, 7) is 4.49. The molecule has 0 radical (unpaired) electrons. The van der Waals surface area contributed by atoms with Gasteiger partial charge in [-0.15, -0.1) is 0 Å². The van der Waals surface area contributed by atoms with E-state index >= 15 is 0 Å². The molecule has 142 valence electrons. The Morgan fingerprint density at radius 2 is 1.85 bits per heavy atom. The van der Waals surface area contributed by atoms with Gasteiger partial charge in [-0.25, -0.2) is 0 Å². The van der Waals surface area contributed by atoms with Gasteiger partial charge in [-0.1, -0.05) is 24.3 Å². The molecule has 0 fully saturated rings. The van der Waals surface area contributed by atoms with Crippen molar-refractivity contribution in [3.63, 3.8) is 0 Å². The van der Waals surface area contributed by atoms with E-state index in [4.69, 9.17) is 4.74 Å². The quantitative estimate of drug-likeness (QED) is 0.601. The molecule has 0 aliphatic heterocycles. The molecule has 0 spiro atoms. The Morgan fingerprint density at radius 3 is 2.56 bits per heavy atom. The molecule has 0 unspecified atom stereocenters. The van der Waals surface area contributed by atoms with Gasteiger partial charge in [0.25, 0.3) is 0 Å². The Bertz CT molecular complexity index is 963. The standard InChI is InChI=1S/C22H26N2O3/c1-14-4-9-18(19-10-11-21(26)24-22(14)19)20(25)13-23-15(2)12-16-5-7-17(27-3)8-6-16/h4-11,15,20,23,25H,12-13H2,1-3H3,(H,24,26)/t15-,20+/m1/s1. The van der Waals surface area contributed by atoms with Crippen LogP contribution in [0.2, 0.25) is 0 Å². The van der Waals surface area contributed by atoms with Crippen LogP contribution in [0, 0.1) is 6.92 Å². The Balaban J connectivity index is 1.66. The number of hydrogen-bond donors (Lipinski definition) is 3. The number of aromatic amines is 1. The van der Waals surface area contributed by atoms with E-state index in [2.05, 4.69) is 29.4 Å².